The van der Waals surface area contributed by atoms with E-state index in [0.29, 0.717) is 12.1 Å². The predicted molar refractivity (Wildman–Crippen MR) is 82.1 cm³/mol. The van der Waals surface area contributed by atoms with Gasteiger partial charge in [-0.05, 0) is 11.6 Å². The minimum atomic E-state index is -0.497. The highest BCUT2D eigenvalue weighted by Gasteiger charge is 2.09. The molecule has 0 fully saturated rings. The molecule has 0 aliphatic rings. The molecule has 5 nitrogen and oxygen atoms in total. The Morgan fingerprint density at radius 1 is 1.29 bits per heavy atom. The molecule has 2 aromatic carbocycles. The number of nitro groups is 1. The maximum Gasteiger partial charge on any atom is 0.270 e. The maximum atomic E-state index is 10.7. The number of hydrogen-bond acceptors (Lipinski definition) is 4. The van der Waals surface area contributed by atoms with E-state index in [1.807, 2.05) is 30.3 Å². The van der Waals surface area contributed by atoms with Gasteiger partial charge in [0.2, 0.25) is 0 Å². The first-order valence-corrected chi connectivity index (χ1v) is 6.60. The quantitative estimate of drug-likeness (QED) is 0.518. The van der Waals surface area contributed by atoms with Crippen LogP contribution in [0.15, 0.2) is 53.5 Å². The van der Waals surface area contributed by atoms with Gasteiger partial charge in [-0.25, -0.2) is 0 Å². The maximum absolute atomic E-state index is 10.7. The third-order valence-electron chi connectivity index (χ3n) is 3.20. The fourth-order valence-electron chi connectivity index (χ4n) is 1.96. The van der Waals surface area contributed by atoms with E-state index < -0.39 is 4.92 Å². The molecule has 1 N–H and O–H groups in total. The van der Waals surface area contributed by atoms with E-state index in [9.17, 15) is 15.2 Å². The van der Waals surface area contributed by atoms with Crippen LogP contribution < -0.4 is 0 Å². The second-order valence-corrected chi connectivity index (χ2v) is 4.81. The summed E-state index contributed by atoms with van der Waals surface area (Å²) >= 11 is 0. The van der Waals surface area contributed by atoms with Crippen LogP contribution in [0.4, 0.5) is 5.69 Å². The van der Waals surface area contributed by atoms with E-state index >= 15 is 0 Å². The molecule has 2 rings (SSSR count). The molecule has 21 heavy (non-hydrogen) atoms. The molecule has 108 valence electrons. The van der Waals surface area contributed by atoms with Crippen molar-refractivity contribution in [2.45, 2.75) is 12.8 Å². The number of aromatic hydroxyl groups is 1. The molecule has 5 heteroatoms. The van der Waals surface area contributed by atoms with Gasteiger partial charge < -0.3 is 5.11 Å². The molecule has 1 atom stereocenters. The van der Waals surface area contributed by atoms with E-state index in [1.165, 1.54) is 30.0 Å². The summed E-state index contributed by atoms with van der Waals surface area (Å²) in [6, 6.07) is 13.9. The molecule has 0 saturated heterocycles. The van der Waals surface area contributed by atoms with Crippen molar-refractivity contribution in [1.82, 2.24) is 0 Å². The van der Waals surface area contributed by atoms with Crippen molar-refractivity contribution in [2.75, 3.05) is 6.54 Å². The Morgan fingerprint density at radius 3 is 2.67 bits per heavy atom. The highest BCUT2D eigenvalue weighted by molar-refractivity contribution is 5.84. The van der Waals surface area contributed by atoms with Gasteiger partial charge in [-0.2, -0.15) is 0 Å². The van der Waals surface area contributed by atoms with Crippen molar-refractivity contribution in [3.63, 3.8) is 0 Å². The van der Waals surface area contributed by atoms with Crippen molar-refractivity contribution in [1.29, 1.82) is 0 Å². The van der Waals surface area contributed by atoms with Gasteiger partial charge >= 0.3 is 0 Å². The molecular formula is C16H16N2O3. The minimum absolute atomic E-state index is 0.0169. The smallest absolute Gasteiger partial charge is 0.270 e. The Bertz CT molecular complexity index is 654. The zero-order valence-corrected chi connectivity index (χ0v) is 11.6. The van der Waals surface area contributed by atoms with E-state index in [4.69, 9.17) is 0 Å². The lowest BCUT2D eigenvalue weighted by atomic mass is 10.0. The summed E-state index contributed by atoms with van der Waals surface area (Å²) in [5, 5.41) is 20.4. The summed E-state index contributed by atoms with van der Waals surface area (Å²) < 4.78 is 0. The van der Waals surface area contributed by atoms with Crippen LogP contribution in [0.3, 0.4) is 0 Å². The van der Waals surface area contributed by atoms with Crippen molar-refractivity contribution < 1.29 is 10.0 Å². The van der Waals surface area contributed by atoms with Gasteiger partial charge in [0.05, 0.1) is 4.92 Å². The summed E-state index contributed by atoms with van der Waals surface area (Å²) in [4.78, 5) is 14.5. The summed E-state index contributed by atoms with van der Waals surface area (Å²) in [5.74, 6) is 0.222. The summed E-state index contributed by atoms with van der Waals surface area (Å²) in [6.07, 6.45) is 1.47. The highest BCUT2D eigenvalue weighted by atomic mass is 16.6. The standard InChI is InChI=1S/C16H16N2O3/c1-12(13-5-3-2-4-6-13)10-17-11-14-9-15(18(20)21)7-8-16(14)19/h2-9,11-12,19H,10H2,1H3/t12-/m0/s1. The average Bonchev–Trinajstić information content (AvgIpc) is 2.49. The Morgan fingerprint density at radius 2 is 2.00 bits per heavy atom. The van der Waals surface area contributed by atoms with Gasteiger partial charge in [-0.3, -0.25) is 15.1 Å². The van der Waals surface area contributed by atoms with Crippen molar-refractivity contribution in [3.05, 3.63) is 69.8 Å². The molecular weight excluding hydrogens is 268 g/mol. The van der Waals surface area contributed by atoms with Crippen LogP contribution in [-0.4, -0.2) is 22.8 Å². The van der Waals surface area contributed by atoms with Crippen LogP contribution in [0.5, 0.6) is 5.75 Å². The second-order valence-electron chi connectivity index (χ2n) is 4.81. The lowest BCUT2D eigenvalue weighted by Gasteiger charge is -2.08. The molecule has 0 aliphatic carbocycles. The summed E-state index contributed by atoms with van der Waals surface area (Å²) in [6.45, 7) is 2.60. The number of nitro benzene ring substituents is 1. The number of non-ortho nitro benzene ring substituents is 1. The van der Waals surface area contributed by atoms with E-state index in [0.717, 1.165) is 0 Å². The number of phenols is 1. The monoisotopic (exact) mass is 284 g/mol. The zero-order chi connectivity index (χ0) is 15.2. The zero-order valence-electron chi connectivity index (χ0n) is 11.6. The van der Waals surface area contributed by atoms with Crippen LogP contribution >= 0.6 is 0 Å². The normalized spacial score (nSPS) is 12.4. The first kappa shape index (κ1) is 14.7. The third kappa shape index (κ3) is 3.89. The van der Waals surface area contributed by atoms with Gasteiger partial charge in [0, 0.05) is 36.4 Å². The molecule has 0 unspecified atom stereocenters. The molecule has 0 bridgehead atoms. The predicted octanol–water partition coefficient (Wildman–Crippen LogP) is 3.52. The Balaban J connectivity index is 2.08. The van der Waals surface area contributed by atoms with Crippen molar-refractivity contribution in [3.8, 4) is 5.75 Å². The molecule has 0 radical (unpaired) electrons. The first-order chi connectivity index (χ1) is 10.1. The van der Waals surface area contributed by atoms with Gasteiger partial charge in [0.1, 0.15) is 5.75 Å². The topological polar surface area (TPSA) is 75.7 Å². The molecule has 0 saturated carbocycles. The lowest BCUT2D eigenvalue weighted by Crippen LogP contribution is -1.98. The fourth-order valence-corrected chi connectivity index (χ4v) is 1.96. The van der Waals surface area contributed by atoms with Gasteiger partial charge in [-0.1, -0.05) is 37.3 Å². The number of phenolic OH excluding ortho intramolecular Hbond substituents is 1. The Hall–Kier alpha value is -2.69. The number of benzene rings is 2. The van der Waals surface area contributed by atoms with Crippen LogP contribution in [0.1, 0.15) is 24.0 Å². The van der Waals surface area contributed by atoms with Crippen molar-refractivity contribution >= 4 is 11.9 Å². The van der Waals surface area contributed by atoms with Gasteiger partial charge in [-0.15, -0.1) is 0 Å². The number of nitrogens with zero attached hydrogens (tertiary/aromatic N) is 2. The van der Waals surface area contributed by atoms with Gasteiger partial charge in [0.25, 0.3) is 5.69 Å². The number of hydrogen-bond donors (Lipinski definition) is 1. The van der Waals surface area contributed by atoms with Crippen LogP contribution in [-0.2, 0) is 0 Å². The van der Waals surface area contributed by atoms with E-state index in [-0.39, 0.29) is 17.4 Å². The Labute approximate surface area is 122 Å². The van der Waals surface area contributed by atoms with Crippen molar-refractivity contribution in [2.24, 2.45) is 4.99 Å². The third-order valence-corrected chi connectivity index (χ3v) is 3.20. The SMILES string of the molecule is C[C@@H](CN=Cc1cc([N+](=O)[O-])ccc1O)c1ccccc1. The second kappa shape index (κ2) is 6.65. The summed E-state index contributed by atoms with van der Waals surface area (Å²) in [5.41, 5.74) is 1.47. The van der Waals surface area contributed by atoms with Gasteiger partial charge in [0.15, 0.2) is 0 Å². The lowest BCUT2D eigenvalue weighted by molar-refractivity contribution is -0.384. The average molecular weight is 284 g/mol. The van der Waals surface area contributed by atoms with Crippen LogP contribution in [0.25, 0.3) is 0 Å². The summed E-state index contributed by atoms with van der Waals surface area (Å²) in [7, 11) is 0. The molecule has 2 aromatic rings. The first-order valence-electron chi connectivity index (χ1n) is 6.60. The Kier molecular flexibility index (Phi) is 4.66. The van der Waals surface area contributed by atoms with E-state index in [2.05, 4.69) is 11.9 Å². The largest absolute Gasteiger partial charge is 0.507 e. The number of aliphatic imine (C=N–C) groups is 1. The molecule has 0 heterocycles. The fraction of sp³-hybridized carbons (Fsp3) is 0.188. The molecule has 0 spiro atoms. The number of rotatable bonds is 5. The highest BCUT2D eigenvalue weighted by Crippen LogP contribution is 2.21. The molecule has 0 aromatic heterocycles. The minimum Gasteiger partial charge on any atom is -0.507 e. The van der Waals surface area contributed by atoms with Crippen LogP contribution in [0, 0.1) is 10.1 Å². The van der Waals surface area contributed by atoms with Crippen LogP contribution in [0.2, 0.25) is 0 Å². The molecule has 0 amide bonds. The van der Waals surface area contributed by atoms with E-state index in [1.54, 1.807) is 0 Å². The molecule has 0 aliphatic heterocycles.